The van der Waals surface area contributed by atoms with Crippen LogP contribution in [0.15, 0.2) is 95.9 Å². The predicted octanol–water partition coefficient (Wildman–Crippen LogP) is 4.58. The van der Waals surface area contributed by atoms with E-state index in [0.717, 1.165) is 28.0 Å². The zero-order valence-corrected chi connectivity index (χ0v) is 21.1. The van der Waals surface area contributed by atoms with E-state index < -0.39 is 0 Å². The predicted molar refractivity (Wildman–Crippen MR) is 141 cm³/mol. The van der Waals surface area contributed by atoms with E-state index in [1.54, 1.807) is 23.8 Å². The largest absolute Gasteiger partial charge is 0.872 e. The maximum absolute atomic E-state index is 13.6. The van der Waals surface area contributed by atoms with Gasteiger partial charge in [0, 0.05) is 11.6 Å². The van der Waals surface area contributed by atoms with E-state index in [2.05, 4.69) is 19.1 Å². The number of rotatable bonds is 7. The lowest BCUT2D eigenvalue weighted by Gasteiger charge is -2.14. The zero-order chi connectivity index (χ0) is 25.9. The number of hydrogen-bond acceptors (Lipinski definition) is 4. The number of hydrogen-bond donors (Lipinski definition) is 0. The maximum Gasteiger partial charge on any atom is 0.341 e. The first kappa shape index (κ1) is 24.1. The van der Waals surface area contributed by atoms with Crippen LogP contribution in [0.25, 0.3) is 16.9 Å². The van der Waals surface area contributed by atoms with Crippen LogP contribution in [0.4, 0.5) is 0 Å². The Kier molecular flexibility index (Phi) is 6.64. The fourth-order valence-corrected chi connectivity index (χ4v) is 4.63. The Labute approximate surface area is 215 Å². The van der Waals surface area contributed by atoms with Crippen LogP contribution >= 0.6 is 0 Å². The minimum Gasteiger partial charge on any atom is -0.872 e. The van der Waals surface area contributed by atoms with Gasteiger partial charge in [-0.15, -0.1) is 5.75 Å². The molecule has 0 spiro atoms. The van der Waals surface area contributed by atoms with Crippen molar-refractivity contribution in [2.24, 2.45) is 0 Å². The van der Waals surface area contributed by atoms with Crippen molar-refractivity contribution in [2.75, 3.05) is 7.11 Å². The molecule has 5 rings (SSSR count). The highest BCUT2D eigenvalue weighted by atomic mass is 16.5. The van der Waals surface area contributed by atoms with Gasteiger partial charge in [0.2, 0.25) is 0 Å². The van der Waals surface area contributed by atoms with E-state index in [1.807, 2.05) is 66.1 Å². The van der Waals surface area contributed by atoms with Crippen LogP contribution in [0, 0.1) is 13.8 Å². The van der Waals surface area contributed by atoms with Gasteiger partial charge in [0.15, 0.2) is 17.2 Å². The van der Waals surface area contributed by atoms with E-state index in [9.17, 15) is 9.90 Å². The molecule has 0 saturated carbocycles. The third-order valence-corrected chi connectivity index (χ3v) is 6.45. The summed E-state index contributed by atoms with van der Waals surface area (Å²) in [5.41, 5.74) is 6.03. The molecular formula is C31H28N2O4. The molecule has 6 heteroatoms. The summed E-state index contributed by atoms with van der Waals surface area (Å²) in [5.74, 6) is 1.19. The van der Waals surface area contributed by atoms with Crippen LogP contribution in [0.1, 0.15) is 22.3 Å². The Bertz CT molecular complexity index is 1640. The van der Waals surface area contributed by atoms with Crippen LogP contribution in [0.2, 0.25) is 0 Å². The molecule has 0 unspecified atom stereocenters. The minimum atomic E-state index is -0.0915. The molecule has 0 amide bonds. The summed E-state index contributed by atoms with van der Waals surface area (Å²) in [6, 6.07) is 26.3. The highest BCUT2D eigenvalue weighted by molar-refractivity contribution is 5.61. The summed E-state index contributed by atoms with van der Waals surface area (Å²) in [7, 11) is 1.61. The first-order valence-corrected chi connectivity index (χ1v) is 12.1. The molecule has 0 bridgehead atoms. The Morgan fingerprint density at radius 1 is 0.865 bits per heavy atom. The van der Waals surface area contributed by atoms with E-state index in [0.29, 0.717) is 30.2 Å². The molecule has 186 valence electrons. The Balaban J connectivity index is 1.50. The standard InChI is InChI=1S/C31H28N2O4/c1-21-7-6-8-24(17-21)20-37-27-15-10-23(18-28(27)36-3)19-33-29-9-4-5-16-32(29)30(22(2)31(33)35)25-11-13-26(34)14-12-25/h4-18H,19-20H2,1-3H3. The second kappa shape index (κ2) is 10.2. The number of methoxy groups -OCH3 is 1. The fourth-order valence-electron chi connectivity index (χ4n) is 4.63. The van der Waals surface area contributed by atoms with Crippen molar-refractivity contribution >= 4 is 5.65 Å². The summed E-state index contributed by atoms with van der Waals surface area (Å²) in [6.07, 6.45) is 1.93. The van der Waals surface area contributed by atoms with Crippen LogP contribution in [0.5, 0.6) is 17.2 Å². The molecule has 5 aromatic rings. The fraction of sp³-hybridized carbons (Fsp3) is 0.161. The first-order valence-electron chi connectivity index (χ1n) is 12.1. The van der Waals surface area contributed by atoms with Gasteiger partial charge in [-0.3, -0.25) is 0 Å². The van der Waals surface area contributed by atoms with E-state index >= 15 is 0 Å². The second-order valence-corrected chi connectivity index (χ2v) is 9.08. The van der Waals surface area contributed by atoms with Crippen molar-refractivity contribution in [3.63, 3.8) is 0 Å². The smallest absolute Gasteiger partial charge is 0.341 e. The van der Waals surface area contributed by atoms with Crippen molar-refractivity contribution in [1.82, 2.24) is 4.57 Å². The van der Waals surface area contributed by atoms with E-state index in [4.69, 9.17) is 9.47 Å². The van der Waals surface area contributed by atoms with Gasteiger partial charge in [0.25, 0.3) is 5.65 Å². The molecule has 37 heavy (non-hydrogen) atoms. The molecule has 0 N–H and O–H groups in total. The molecule has 0 saturated heterocycles. The highest BCUT2D eigenvalue weighted by Crippen LogP contribution is 2.29. The summed E-state index contributed by atoms with van der Waals surface area (Å²) in [6.45, 7) is 4.67. The summed E-state index contributed by atoms with van der Waals surface area (Å²) < 4.78 is 15.4. The van der Waals surface area contributed by atoms with E-state index in [-0.39, 0.29) is 11.3 Å². The van der Waals surface area contributed by atoms with Gasteiger partial charge in [0.1, 0.15) is 13.2 Å². The minimum absolute atomic E-state index is 0.0655. The Morgan fingerprint density at radius 3 is 2.43 bits per heavy atom. The average molecular weight is 493 g/mol. The summed E-state index contributed by atoms with van der Waals surface area (Å²) in [5, 5.41) is 11.6. The van der Waals surface area contributed by atoms with Crippen molar-refractivity contribution in [3.8, 4) is 28.5 Å². The van der Waals surface area contributed by atoms with Crippen LogP contribution in [-0.2, 0) is 13.2 Å². The van der Waals surface area contributed by atoms with Crippen molar-refractivity contribution in [2.45, 2.75) is 27.0 Å². The Hall–Kier alpha value is -4.58. The third kappa shape index (κ3) is 4.91. The number of nitrogens with zero attached hydrogens (tertiary/aromatic N) is 2. The van der Waals surface area contributed by atoms with Gasteiger partial charge in [-0.1, -0.05) is 66.2 Å². The van der Waals surface area contributed by atoms with Gasteiger partial charge in [-0.25, -0.2) is 4.79 Å². The number of aryl methyl sites for hydroxylation is 1. The van der Waals surface area contributed by atoms with Gasteiger partial charge in [-0.2, -0.15) is 8.97 Å². The molecular weight excluding hydrogens is 464 g/mol. The monoisotopic (exact) mass is 492 g/mol. The normalized spacial score (nSPS) is 11.0. The lowest BCUT2D eigenvalue weighted by Crippen LogP contribution is -2.38. The lowest BCUT2D eigenvalue weighted by atomic mass is 10.1. The van der Waals surface area contributed by atoms with Crippen LogP contribution in [-0.4, -0.2) is 11.7 Å². The first-order chi connectivity index (χ1) is 17.9. The highest BCUT2D eigenvalue weighted by Gasteiger charge is 2.22. The third-order valence-electron chi connectivity index (χ3n) is 6.45. The Morgan fingerprint density at radius 2 is 1.68 bits per heavy atom. The molecule has 0 radical (unpaired) electrons. The molecule has 0 aliphatic carbocycles. The second-order valence-electron chi connectivity index (χ2n) is 9.08. The SMILES string of the molecule is COc1cc(Cn2c(=O)c(C)c(-c3ccc([O-])cc3)[n+]3ccccc23)ccc1OCc1cccc(C)c1. The number of pyridine rings is 1. The molecule has 6 nitrogen and oxygen atoms in total. The molecule has 2 aromatic heterocycles. The summed E-state index contributed by atoms with van der Waals surface area (Å²) in [4.78, 5) is 13.6. The number of benzene rings is 3. The van der Waals surface area contributed by atoms with Crippen LogP contribution in [0.3, 0.4) is 0 Å². The van der Waals surface area contributed by atoms with Gasteiger partial charge < -0.3 is 14.6 Å². The molecule has 0 aliphatic rings. The van der Waals surface area contributed by atoms with Gasteiger partial charge in [0.05, 0.1) is 18.9 Å². The molecule has 0 aliphatic heterocycles. The topological polar surface area (TPSA) is 67.6 Å². The zero-order valence-electron chi connectivity index (χ0n) is 21.1. The van der Waals surface area contributed by atoms with Crippen molar-refractivity contribution < 1.29 is 19.0 Å². The van der Waals surface area contributed by atoms with E-state index in [1.165, 1.54) is 17.7 Å². The maximum atomic E-state index is 13.6. The molecule has 0 atom stereocenters. The lowest BCUT2D eigenvalue weighted by molar-refractivity contribution is -0.504. The van der Waals surface area contributed by atoms with Crippen molar-refractivity contribution in [1.29, 1.82) is 0 Å². The molecule has 3 aromatic carbocycles. The number of aromatic nitrogens is 2. The molecule has 0 fully saturated rings. The van der Waals surface area contributed by atoms with Crippen molar-refractivity contribution in [3.05, 3.63) is 124 Å². The van der Waals surface area contributed by atoms with Gasteiger partial charge in [-0.05, 0) is 43.2 Å². The van der Waals surface area contributed by atoms with Crippen LogP contribution < -0.4 is 24.5 Å². The van der Waals surface area contributed by atoms with Gasteiger partial charge >= 0.3 is 5.56 Å². The number of fused-ring (bicyclic) bond motifs is 1. The average Bonchev–Trinajstić information content (AvgIpc) is 2.91. The molecule has 2 heterocycles. The summed E-state index contributed by atoms with van der Waals surface area (Å²) >= 11 is 0. The quantitative estimate of drug-likeness (QED) is 0.312. The number of ether oxygens (including phenoxy) is 2.